The van der Waals surface area contributed by atoms with Gasteiger partial charge in [-0.1, -0.05) is 29.8 Å². The highest BCUT2D eigenvalue weighted by molar-refractivity contribution is 14.1. The van der Waals surface area contributed by atoms with Crippen LogP contribution in [0.4, 0.5) is 5.69 Å². The molecule has 2 nitrogen and oxygen atoms in total. The molecule has 0 saturated heterocycles. The Kier molecular flexibility index (Phi) is 4.60. The van der Waals surface area contributed by atoms with Gasteiger partial charge in [0.1, 0.15) is 0 Å². The lowest BCUT2D eigenvalue weighted by Crippen LogP contribution is -2.14. The van der Waals surface area contributed by atoms with Crippen molar-refractivity contribution in [3.63, 3.8) is 0 Å². The quantitative estimate of drug-likeness (QED) is 0.808. The molecular weight excluding hydrogens is 361 g/mol. The van der Waals surface area contributed by atoms with Gasteiger partial charge in [-0.25, -0.2) is 0 Å². The number of benzene rings is 2. The van der Waals surface area contributed by atoms with E-state index in [4.69, 9.17) is 11.6 Å². The summed E-state index contributed by atoms with van der Waals surface area (Å²) in [5.41, 5.74) is 1.63. The fraction of sp³-hybridized carbons (Fsp3) is 0.0714. The Hall–Kier alpha value is -1.07. The lowest BCUT2D eigenvalue weighted by molar-refractivity contribution is -0.115. The third kappa shape index (κ3) is 3.71. The molecule has 4 heteroatoms. The lowest BCUT2D eigenvalue weighted by atomic mass is 10.1. The molecule has 0 aliphatic rings. The topological polar surface area (TPSA) is 29.1 Å². The van der Waals surface area contributed by atoms with Gasteiger partial charge in [-0.05, 0) is 58.5 Å². The second-order valence-electron chi connectivity index (χ2n) is 3.82. The van der Waals surface area contributed by atoms with E-state index in [1.807, 2.05) is 42.5 Å². The van der Waals surface area contributed by atoms with E-state index in [0.717, 1.165) is 14.8 Å². The highest BCUT2D eigenvalue weighted by Crippen LogP contribution is 2.16. The summed E-state index contributed by atoms with van der Waals surface area (Å²) in [6, 6.07) is 15.0. The maximum Gasteiger partial charge on any atom is 0.228 e. The highest BCUT2D eigenvalue weighted by atomic mass is 127. The van der Waals surface area contributed by atoms with Gasteiger partial charge in [0.05, 0.1) is 6.42 Å². The molecule has 0 fully saturated rings. The SMILES string of the molecule is O=C(Cc1ccccc1Cl)Nc1ccc(I)cc1. The van der Waals surface area contributed by atoms with Crippen LogP contribution >= 0.6 is 34.2 Å². The van der Waals surface area contributed by atoms with Crippen LogP contribution < -0.4 is 5.32 Å². The Morgan fingerprint density at radius 1 is 1.11 bits per heavy atom. The second kappa shape index (κ2) is 6.20. The van der Waals surface area contributed by atoms with E-state index in [-0.39, 0.29) is 12.3 Å². The molecule has 0 aliphatic heterocycles. The van der Waals surface area contributed by atoms with Crippen LogP contribution in [0.15, 0.2) is 48.5 Å². The summed E-state index contributed by atoms with van der Waals surface area (Å²) in [6.45, 7) is 0. The predicted molar refractivity (Wildman–Crippen MR) is 82.9 cm³/mol. The molecule has 0 saturated carbocycles. The van der Waals surface area contributed by atoms with Crippen LogP contribution in [-0.4, -0.2) is 5.91 Å². The van der Waals surface area contributed by atoms with Crippen LogP contribution in [0.5, 0.6) is 0 Å². The van der Waals surface area contributed by atoms with Crippen molar-refractivity contribution in [1.29, 1.82) is 0 Å². The third-order valence-electron chi connectivity index (χ3n) is 2.44. The van der Waals surface area contributed by atoms with Gasteiger partial charge >= 0.3 is 0 Å². The molecule has 0 bridgehead atoms. The van der Waals surface area contributed by atoms with E-state index in [0.29, 0.717) is 5.02 Å². The van der Waals surface area contributed by atoms with Crippen molar-refractivity contribution in [3.05, 3.63) is 62.7 Å². The molecule has 92 valence electrons. The summed E-state index contributed by atoms with van der Waals surface area (Å²) in [6.07, 6.45) is 0.283. The molecule has 0 aliphatic carbocycles. The van der Waals surface area contributed by atoms with Gasteiger partial charge in [0, 0.05) is 14.3 Å². The number of hydrogen-bond donors (Lipinski definition) is 1. The zero-order chi connectivity index (χ0) is 13.0. The van der Waals surface area contributed by atoms with Gasteiger partial charge in [0.15, 0.2) is 0 Å². The Morgan fingerprint density at radius 3 is 2.44 bits per heavy atom. The average molecular weight is 372 g/mol. The number of rotatable bonds is 3. The zero-order valence-electron chi connectivity index (χ0n) is 9.49. The summed E-state index contributed by atoms with van der Waals surface area (Å²) >= 11 is 8.23. The molecule has 1 amide bonds. The van der Waals surface area contributed by atoms with Crippen molar-refractivity contribution in [2.75, 3.05) is 5.32 Å². The molecular formula is C14H11ClINO. The molecule has 2 rings (SSSR count). The molecule has 0 unspecified atom stereocenters. The number of nitrogens with one attached hydrogen (secondary N) is 1. The van der Waals surface area contributed by atoms with E-state index < -0.39 is 0 Å². The second-order valence-corrected chi connectivity index (χ2v) is 5.48. The molecule has 18 heavy (non-hydrogen) atoms. The van der Waals surface area contributed by atoms with Gasteiger partial charge in [0.25, 0.3) is 0 Å². The maximum atomic E-state index is 11.8. The van der Waals surface area contributed by atoms with E-state index in [1.54, 1.807) is 6.07 Å². The average Bonchev–Trinajstić information content (AvgIpc) is 2.35. The first-order valence-electron chi connectivity index (χ1n) is 5.44. The van der Waals surface area contributed by atoms with Gasteiger partial charge in [-0.3, -0.25) is 4.79 Å². The largest absolute Gasteiger partial charge is 0.326 e. The van der Waals surface area contributed by atoms with Crippen LogP contribution in [-0.2, 0) is 11.2 Å². The monoisotopic (exact) mass is 371 g/mol. The highest BCUT2D eigenvalue weighted by Gasteiger charge is 2.06. The summed E-state index contributed by atoms with van der Waals surface area (Å²) in [7, 11) is 0. The van der Waals surface area contributed by atoms with Crippen molar-refractivity contribution < 1.29 is 4.79 Å². The van der Waals surface area contributed by atoms with Crippen molar-refractivity contribution in [1.82, 2.24) is 0 Å². The minimum atomic E-state index is -0.0655. The molecule has 2 aromatic rings. The fourth-order valence-electron chi connectivity index (χ4n) is 1.55. The molecule has 2 aromatic carbocycles. The van der Waals surface area contributed by atoms with E-state index >= 15 is 0 Å². The van der Waals surface area contributed by atoms with Gasteiger partial charge in [-0.2, -0.15) is 0 Å². The Balaban J connectivity index is 2.01. The predicted octanol–water partition coefficient (Wildman–Crippen LogP) is 4.13. The van der Waals surface area contributed by atoms with Crippen LogP contribution in [0.3, 0.4) is 0 Å². The Bertz CT molecular complexity index is 554. The fourth-order valence-corrected chi connectivity index (χ4v) is 2.12. The number of anilines is 1. The van der Waals surface area contributed by atoms with Crippen molar-refractivity contribution in [2.45, 2.75) is 6.42 Å². The summed E-state index contributed by atoms with van der Waals surface area (Å²) < 4.78 is 1.14. The van der Waals surface area contributed by atoms with E-state index in [9.17, 15) is 4.79 Å². The van der Waals surface area contributed by atoms with Crippen molar-refractivity contribution in [3.8, 4) is 0 Å². The maximum absolute atomic E-state index is 11.8. The summed E-state index contributed by atoms with van der Waals surface area (Å²) in [4.78, 5) is 11.8. The van der Waals surface area contributed by atoms with E-state index in [1.165, 1.54) is 0 Å². The number of carbonyl (C=O) groups excluding carboxylic acids is 1. The molecule has 0 spiro atoms. The van der Waals surface area contributed by atoms with Crippen molar-refractivity contribution in [2.24, 2.45) is 0 Å². The number of hydrogen-bond acceptors (Lipinski definition) is 1. The Labute approximate surface area is 124 Å². The van der Waals surface area contributed by atoms with Gasteiger partial charge < -0.3 is 5.32 Å². The van der Waals surface area contributed by atoms with Crippen LogP contribution in [0.25, 0.3) is 0 Å². The number of carbonyl (C=O) groups is 1. The molecule has 1 N–H and O–H groups in total. The third-order valence-corrected chi connectivity index (χ3v) is 3.52. The minimum Gasteiger partial charge on any atom is -0.326 e. The van der Waals surface area contributed by atoms with Gasteiger partial charge in [-0.15, -0.1) is 0 Å². The number of amides is 1. The standard InChI is InChI=1S/C14H11ClINO/c15-13-4-2-1-3-10(13)9-14(18)17-12-7-5-11(16)6-8-12/h1-8H,9H2,(H,17,18). The lowest BCUT2D eigenvalue weighted by Gasteiger charge is -2.06. The van der Waals surface area contributed by atoms with Gasteiger partial charge in [0.2, 0.25) is 5.91 Å². The molecule has 0 radical (unpaired) electrons. The first-order chi connectivity index (χ1) is 8.65. The summed E-state index contributed by atoms with van der Waals surface area (Å²) in [5, 5.41) is 3.46. The first kappa shape index (κ1) is 13.4. The van der Waals surface area contributed by atoms with Crippen molar-refractivity contribution >= 4 is 45.8 Å². The first-order valence-corrected chi connectivity index (χ1v) is 6.89. The van der Waals surface area contributed by atoms with Crippen LogP contribution in [0.2, 0.25) is 5.02 Å². The summed E-state index contributed by atoms with van der Waals surface area (Å²) in [5.74, 6) is -0.0655. The molecule has 0 heterocycles. The van der Waals surface area contributed by atoms with Crippen LogP contribution in [0, 0.1) is 3.57 Å². The zero-order valence-corrected chi connectivity index (χ0v) is 12.4. The van der Waals surface area contributed by atoms with Crippen LogP contribution in [0.1, 0.15) is 5.56 Å². The minimum absolute atomic E-state index is 0.0655. The Morgan fingerprint density at radius 2 is 1.78 bits per heavy atom. The molecule has 0 aromatic heterocycles. The smallest absolute Gasteiger partial charge is 0.228 e. The molecule has 0 atom stereocenters. The normalized spacial score (nSPS) is 10.1. The van der Waals surface area contributed by atoms with E-state index in [2.05, 4.69) is 27.9 Å². The number of halogens is 2.